The molecular formula is C80H84F2N2O8. The molecule has 2 aliphatic carbocycles. The number of carbonyl (C=O) groups is 6. The molecule has 0 spiro atoms. The number of ether oxygens (including phenoxy) is 2. The molecule has 8 aromatic carbocycles. The molecule has 92 heavy (non-hydrogen) atoms. The Bertz CT molecular complexity index is 3680. The Hall–Kier alpha value is -9.42. The molecule has 12 heteroatoms. The van der Waals surface area contributed by atoms with Crippen LogP contribution in [0.3, 0.4) is 0 Å². The monoisotopic (exact) mass is 1240 g/mol. The van der Waals surface area contributed by atoms with E-state index in [1.54, 1.807) is 53.7 Å². The summed E-state index contributed by atoms with van der Waals surface area (Å²) in [4.78, 5) is 82.4. The van der Waals surface area contributed by atoms with Gasteiger partial charge in [-0.25, -0.2) is 13.6 Å². The van der Waals surface area contributed by atoms with Crippen molar-refractivity contribution in [2.75, 3.05) is 23.0 Å². The molecule has 0 bridgehead atoms. The fraction of sp³-hybridized carbons (Fsp3) is 0.300. The van der Waals surface area contributed by atoms with E-state index in [1.165, 1.54) is 76.0 Å². The van der Waals surface area contributed by atoms with E-state index in [-0.39, 0.29) is 47.9 Å². The van der Waals surface area contributed by atoms with Gasteiger partial charge in [0.05, 0.1) is 13.2 Å². The summed E-state index contributed by atoms with van der Waals surface area (Å²) in [7, 11) is 0. The smallest absolute Gasteiger partial charge is 0.341 e. The summed E-state index contributed by atoms with van der Waals surface area (Å²) >= 11 is 0. The second-order valence-corrected chi connectivity index (χ2v) is 24.0. The number of benzene rings is 8. The number of hydrogen-bond donors (Lipinski definition) is 0. The number of ketones is 4. The number of fused-ring (bicyclic) bond motifs is 2. The minimum atomic E-state index is -1.17. The van der Waals surface area contributed by atoms with E-state index in [2.05, 4.69) is 113 Å². The molecular weight excluding hydrogens is 1150 g/mol. The zero-order valence-electron chi connectivity index (χ0n) is 53.7. The van der Waals surface area contributed by atoms with Crippen molar-refractivity contribution in [1.82, 2.24) is 0 Å². The Labute approximate surface area is 541 Å². The minimum absolute atomic E-state index is 0.0107. The van der Waals surface area contributed by atoms with Crippen LogP contribution in [-0.2, 0) is 67.7 Å². The van der Waals surface area contributed by atoms with Crippen LogP contribution in [0.15, 0.2) is 212 Å². The standard InChI is InChI=1S/C40H42FNO4.C25H25NO.C15H17FO3/c1-4-46-40(45)37(38(43)27(2)3)36(30-18-20-32(41)21-19-30)35-17-11-16-31-24-33(22-23-34(31)39(35)44)42(25-28-12-7-5-8-13-28)26-29-14-9-6-10-15-29;27-25-14-8-7-13-22-17-23(15-16-24(22)25)26(18-20-9-3-1-4-10-20)19-21-11-5-2-6-12-21;1-4-19-15(18)13(14(17)10(2)3)9-11-5-7-12(16)8-6-11/h5-10,12-15,18-24,27,35-37H,4,11,16-17,25-26H2,1-3H3;1-6,9-12,15-17H,7-8,13-14,18-19H2;5-10H,4H2,1-3H3. The summed E-state index contributed by atoms with van der Waals surface area (Å²) in [6.07, 6.45) is 7.09. The van der Waals surface area contributed by atoms with E-state index in [0.717, 1.165) is 49.2 Å². The average molecular weight is 1240 g/mol. The fourth-order valence-corrected chi connectivity index (χ4v) is 11.9. The molecule has 0 saturated carbocycles. The van der Waals surface area contributed by atoms with Gasteiger partial charge in [0.25, 0.3) is 0 Å². The maximum atomic E-state index is 14.5. The fourth-order valence-electron chi connectivity index (χ4n) is 11.9. The number of esters is 2. The van der Waals surface area contributed by atoms with Crippen LogP contribution in [0.25, 0.3) is 6.08 Å². The summed E-state index contributed by atoms with van der Waals surface area (Å²) in [5.74, 6) is -5.82. The first kappa shape index (κ1) is 68.5. The van der Waals surface area contributed by atoms with Gasteiger partial charge in [-0.05, 0) is 164 Å². The lowest BCUT2D eigenvalue weighted by Gasteiger charge is -2.32. The van der Waals surface area contributed by atoms with Crippen LogP contribution in [0.4, 0.5) is 20.2 Å². The normalized spacial score (nSPS) is 14.3. The number of aryl methyl sites for hydroxylation is 2. The maximum Gasteiger partial charge on any atom is 0.341 e. The summed E-state index contributed by atoms with van der Waals surface area (Å²) < 4.78 is 37.1. The number of carbonyl (C=O) groups excluding carboxylic acids is 6. The lowest BCUT2D eigenvalue weighted by atomic mass is 9.70. The molecule has 0 radical (unpaired) electrons. The summed E-state index contributed by atoms with van der Waals surface area (Å²) in [5.41, 5.74) is 12.0. The van der Waals surface area contributed by atoms with Gasteiger partial charge in [-0.2, -0.15) is 0 Å². The predicted octanol–water partition coefficient (Wildman–Crippen LogP) is 17.2. The molecule has 0 saturated heterocycles. The van der Waals surface area contributed by atoms with E-state index in [1.807, 2.05) is 54.6 Å². The highest BCUT2D eigenvalue weighted by atomic mass is 19.1. The lowest BCUT2D eigenvalue weighted by molar-refractivity contribution is -0.154. The second-order valence-electron chi connectivity index (χ2n) is 24.0. The van der Waals surface area contributed by atoms with Crippen molar-refractivity contribution in [2.24, 2.45) is 23.7 Å². The highest BCUT2D eigenvalue weighted by Crippen LogP contribution is 2.42. The van der Waals surface area contributed by atoms with Crippen LogP contribution < -0.4 is 9.80 Å². The molecule has 3 atom stereocenters. The molecule has 476 valence electrons. The largest absolute Gasteiger partial charge is 0.465 e. The Balaban J connectivity index is 0.000000199. The van der Waals surface area contributed by atoms with Crippen molar-refractivity contribution in [1.29, 1.82) is 0 Å². The Kier molecular flexibility index (Phi) is 25.4. The molecule has 0 aromatic heterocycles. The van der Waals surface area contributed by atoms with Crippen molar-refractivity contribution in [3.8, 4) is 0 Å². The van der Waals surface area contributed by atoms with Crippen LogP contribution in [0.1, 0.15) is 145 Å². The van der Waals surface area contributed by atoms with Gasteiger partial charge >= 0.3 is 11.9 Å². The molecule has 0 heterocycles. The van der Waals surface area contributed by atoms with E-state index in [9.17, 15) is 37.5 Å². The zero-order valence-corrected chi connectivity index (χ0v) is 53.7. The van der Waals surface area contributed by atoms with Gasteiger partial charge in [-0.15, -0.1) is 0 Å². The maximum absolute atomic E-state index is 14.5. The van der Waals surface area contributed by atoms with Gasteiger partial charge in [0.2, 0.25) is 0 Å². The van der Waals surface area contributed by atoms with Gasteiger partial charge in [0.1, 0.15) is 28.9 Å². The van der Waals surface area contributed by atoms with Gasteiger partial charge in [-0.1, -0.05) is 173 Å². The number of hydrogen-bond acceptors (Lipinski definition) is 10. The SMILES string of the molecule is CCOC(=O)C(=Cc1ccc(F)cc1)C(=O)C(C)C.CCOC(=O)C(C(=O)C(C)C)C(c1ccc(F)cc1)C1CCCc2cc(N(Cc3ccccc3)Cc3ccccc3)ccc2C1=O.O=C1CCCCc2cc(N(Cc3ccccc3)Cc3ccccc3)ccc21. The molecule has 8 aromatic rings. The minimum Gasteiger partial charge on any atom is -0.465 e. The zero-order chi connectivity index (χ0) is 65.5. The van der Waals surface area contributed by atoms with Gasteiger partial charge < -0.3 is 19.3 Å². The first-order valence-electron chi connectivity index (χ1n) is 32.1. The predicted molar refractivity (Wildman–Crippen MR) is 361 cm³/mol. The Morgan fingerprint density at radius 3 is 1.40 bits per heavy atom. The Morgan fingerprint density at radius 2 is 0.946 bits per heavy atom. The van der Waals surface area contributed by atoms with Gasteiger partial charge in [-0.3, -0.25) is 24.0 Å². The summed E-state index contributed by atoms with van der Waals surface area (Å²) in [5, 5.41) is 0. The summed E-state index contributed by atoms with van der Waals surface area (Å²) in [6.45, 7) is 13.7. The quantitative estimate of drug-likeness (QED) is 0.0213. The third-order valence-corrected chi connectivity index (χ3v) is 16.7. The van der Waals surface area contributed by atoms with E-state index >= 15 is 0 Å². The van der Waals surface area contributed by atoms with Crippen molar-refractivity contribution in [2.45, 2.75) is 119 Å². The molecule has 0 N–H and O–H groups in total. The van der Waals surface area contributed by atoms with E-state index in [4.69, 9.17) is 9.47 Å². The van der Waals surface area contributed by atoms with Crippen LogP contribution in [0, 0.1) is 35.3 Å². The second kappa shape index (κ2) is 34.1. The molecule has 10 rings (SSSR count). The number of halogens is 2. The van der Waals surface area contributed by atoms with E-state index < -0.39 is 41.4 Å². The third kappa shape index (κ3) is 19.1. The molecule has 2 aliphatic rings. The highest BCUT2D eigenvalue weighted by molar-refractivity contribution is 6.21. The van der Waals surface area contributed by atoms with Gasteiger partial charge in [0.15, 0.2) is 17.3 Å². The van der Waals surface area contributed by atoms with E-state index in [0.29, 0.717) is 61.2 Å². The van der Waals surface area contributed by atoms with Crippen molar-refractivity contribution in [3.05, 3.63) is 279 Å². The third-order valence-electron chi connectivity index (χ3n) is 16.7. The molecule has 3 unspecified atom stereocenters. The van der Waals surface area contributed by atoms with Crippen LogP contribution in [-0.4, -0.2) is 48.3 Å². The number of nitrogens with zero attached hydrogens (tertiary/aromatic N) is 2. The topological polar surface area (TPSA) is 127 Å². The molecule has 10 nitrogen and oxygen atoms in total. The number of anilines is 2. The highest BCUT2D eigenvalue weighted by Gasteiger charge is 2.45. The first-order valence-corrected chi connectivity index (χ1v) is 32.1. The van der Waals surface area contributed by atoms with Crippen LogP contribution >= 0.6 is 0 Å². The summed E-state index contributed by atoms with van der Waals surface area (Å²) in [6, 6.07) is 65.6. The van der Waals surface area contributed by atoms with Crippen molar-refractivity contribution < 1.29 is 47.0 Å². The average Bonchev–Trinajstić information content (AvgIpc) is 1.35. The molecule has 0 aliphatic heterocycles. The molecule has 0 amide bonds. The number of Topliss-reactive ketones (excluding diaryl/α,β-unsaturated/α-hetero) is 4. The first-order chi connectivity index (χ1) is 44.5. The Morgan fingerprint density at radius 1 is 0.511 bits per heavy atom. The van der Waals surface area contributed by atoms with Crippen LogP contribution in [0.2, 0.25) is 0 Å². The van der Waals surface area contributed by atoms with Gasteiger partial charge in [0, 0.05) is 78.8 Å². The number of rotatable bonds is 22. The molecule has 0 fully saturated rings. The van der Waals surface area contributed by atoms with Crippen molar-refractivity contribution >= 4 is 52.5 Å². The van der Waals surface area contributed by atoms with Crippen LogP contribution in [0.5, 0.6) is 0 Å². The van der Waals surface area contributed by atoms with Crippen molar-refractivity contribution in [3.63, 3.8) is 0 Å². The lowest BCUT2D eigenvalue weighted by Crippen LogP contribution is -2.39.